The van der Waals surface area contributed by atoms with Crippen molar-refractivity contribution in [3.63, 3.8) is 0 Å². The van der Waals surface area contributed by atoms with Gasteiger partial charge in [-0.3, -0.25) is 18.8 Å². The first-order chi connectivity index (χ1) is 9.31. The Kier molecular flexibility index (Phi) is 3.78. The molecule has 2 aromatic heterocycles. The number of aromatic nitrogens is 2. The zero-order chi connectivity index (χ0) is 14.9. The van der Waals surface area contributed by atoms with Gasteiger partial charge < -0.3 is 5.73 Å². The molecule has 0 bridgehead atoms. The van der Waals surface area contributed by atoms with Gasteiger partial charge in [0.1, 0.15) is 22.9 Å². The fourth-order valence-electron chi connectivity index (χ4n) is 1.74. The van der Waals surface area contributed by atoms with Crippen molar-refractivity contribution in [1.82, 2.24) is 14.4 Å². The number of amides is 2. The van der Waals surface area contributed by atoms with Gasteiger partial charge in [0.25, 0.3) is 5.91 Å². The first kappa shape index (κ1) is 14.5. The lowest BCUT2D eigenvalue weighted by atomic mass is 10.2. The van der Waals surface area contributed by atoms with Crippen molar-refractivity contribution in [2.45, 2.75) is 32.9 Å². The number of nitrogens with zero attached hydrogens (tertiary/aromatic N) is 3. The fraction of sp³-hybridized carbons (Fsp3) is 0.417. The Balaban J connectivity index is 2.31. The van der Waals surface area contributed by atoms with Crippen LogP contribution in [-0.2, 0) is 16.2 Å². The second-order valence-corrected chi connectivity index (χ2v) is 6.11. The molecule has 0 spiro atoms. The van der Waals surface area contributed by atoms with E-state index in [9.17, 15) is 9.59 Å². The number of primary amides is 1. The summed E-state index contributed by atoms with van der Waals surface area (Å²) in [5.74, 6) is -0.0173. The van der Waals surface area contributed by atoms with Gasteiger partial charge in [-0.15, -0.1) is 11.3 Å². The van der Waals surface area contributed by atoms with Gasteiger partial charge in [-0.05, 0) is 20.8 Å². The van der Waals surface area contributed by atoms with Crippen molar-refractivity contribution in [1.29, 1.82) is 0 Å². The molecule has 7 nitrogen and oxygen atoms in total. The van der Waals surface area contributed by atoms with Crippen LogP contribution in [0.1, 0.15) is 37.1 Å². The molecule has 0 atom stereocenters. The smallest absolute Gasteiger partial charge is 0.266 e. The maximum atomic E-state index is 11.4. The minimum atomic E-state index is -0.537. The summed E-state index contributed by atoms with van der Waals surface area (Å²) in [4.78, 5) is 32.9. The zero-order valence-electron chi connectivity index (χ0n) is 11.5. The Morgan fingerprint density at radius 1 is 1.60 bits per heavy atom. The predicted octanol–water partition coefficient (Wildman–Crippen LogP) is 1.18. The fourth-order valence-corrected chi connectivity index (χ4v) is 2.62. The standard InChI is InChI=1S/C12H16N4O3S/c1-12(2,3)19-15(7-17)5-9-14-4-10-16(9)8(6-20-10)11(13)18/h4,6-7H,5H2,1-3H3,(H2,13,18). The van der Waals surface area contributed by atoms with Gasteiger partial charge in [-0.25, -0.2) is 10.0 Å². The van der Waals surface area contributed by atoms with Crippen molar-refractivity contribution >= 4 is 28.5 Å². The summed E-state index contributed by atoms with van der Waals surface area (Å²) in [6.45, 7) is 5.64. The molecule has 0 aliphatic carbocycles. The van der Waals surface area contributed by atoms with Crippen LogP contribution in [0.15, 0.2) is 11.6 Å². The zero-order valence-corrected chi connectivity index (χ0v) is 12.3. The highest BCUT2D eigenvalue weighted by atomic mass is 32.1. The van der Waals surface area contributed by atoms with E-state index < -0.39 is 11.5 Å². The van der Waals surface area contributed by atoms with E-state index in [-0.39, 0.29) is 6.54 Å². The SMILES string of the molecule is CC(C)(C)ON(C=O)Cc1ncc2scc(C(N)=O)n12. The molecule has 2 amide bonds. The minimum absolute atomic E-state index is 0.131. The van der Waals surface area contributed by atoms with Crippen LogP contribution in [0.5, 0.6) is 0 Å². The van der Waals surface area contributed by atoms with Gasteiger partial charge in [-0.1, -0.05) is 0 Å². The van der Waals surface area contributed by atoms with Crippen LogP contribution in [0, 0.1) is 0 Å². The summed E-state index contributed by atoms with van der Waals surface area (Å²) in [7, 11) is 0. The highest BCUT2D eigenvalue weighted by Gasteiger charge is 2.20. The summed E-state index contributed by atoms with van der Waals surface area (Å²) in [6, 6.07) is 0. The van der Waals surface area contributed by atoms with Gasteiger partial charge in [0.05, 0.1) is 11.8 Å². The number of hydroxylamine groups is 2. The maximum Gasteiger partial charge on any atom is 0.266 e. The van der Waals surface area contributed by atoms with Crippen molar-refractivity contribution in [2.75, 3.05) is 0 Å². The van der Waals surface area contributed by atoms with Gasteiger partial charge in [0, 0.05) is 5.38 Å². The summed E-state index contributed by atoms with van der Waals surface area (Å²) >= 11 is 1.36. The summed E-state index contributed by atoms with van der Waals surface area (Å²) in [6.07, 6.45) is 2.22. The van der Waals surface area contributed by atoms with Gasteiger partial charge >= 0.3 is 0 Å². The van der Waals surface area contributed by atoms with Gasteiger partial charge in [-0.2, -0.15) is 0 Å². The van der Waals surface area contributed by atoms with Crippen LogP contribution < -0.4 is 5.73 Å². The molecule has 0 saturated carbocycles. The largest absolute Gasteiger partial charge is 0.364 e. The van der Waals surface area contributed by atoms with Crippen molar-refractivity contribution in [2.24, 2.45) is 5.73 Å². The molecule has 2 aromatic rings. The summed E-state index contributed by atoms with van der Waals surface area (Å²) in [5, 5.41) is 2.82. The van der Waals surface area contributed by atoms with Crippen LogP contribution in [0.4, 0.5) is 0 Å². The van der Waals surface area contributed by atoms with E-state index >= 15 is 0 Å². The third-order valence-electron chi connectivity index (χ3n) is 2.39. The first-order valence-corrected chi connectivity index (χ1v) is 6.84. The lowest BCUT2D eigenvalue weighted by Crippen LogP contribution is -2.33. The van der Waals surface area contributed by atoms with Crippen LogP contribution in [0.2, 0.25) is 0 Å². The molecule has 2 heterocycles. The Morgan fingerprint density at radius 3 is 2.85 bits per heavy atom. The second kappa shape index (κ2) is 5.22. The number of hydrogen-bond donors (Lipinski definition) is 1. The molecular formula is C12H16N4O3S. The predicted molar refractivity (Wildman–Crippen MR) is 74.0 cm³/mol. The van der Waals surface area contributed by atoms with E-state index in [1.165, 1.54) is 11.3 Å². The molecule has 2 N–H and O–H groups in total. The highest BCUT2D eigenvalue weighted by molar-refractivity contribution is 7.15. The summed E-state index contributed by atoms with van der Waals surface area (Å²) < 4.78 is 1.63. The molecule has 0 unspecified atom stereocenters. The van der Waals surface area contributed by atoms with E-state index in [0.29, 0.717) is 17.9 Å². The van der Waals surface area contributed by atoms with E-state index in [0.717, 1.165) is 9.89 Å². The Morgan fingerprint density at radius 2 is 2.30 bits per heavy atom. The Hall–Kier alpha value is -1.93. The van der Waals surface area contributed by atoms with Crippen LogP contribution in [-0.4, -0.2) is 32.4 Å². The number of imidazole rings is 1. The van der Waals surface area contributed by atoms with Crippen molar-refractivity contribution in [3.05, 3.63) is 23.1 Å². The Bertz CT molecular complexity index is 641. The van der Waals surface area contributed by atoms with E-state index in [4.69, 9.17) is 10.6 Å². The Labute approximate surface area is 119 Å². The monoisotopic (exact) mass is 296 g/mol. The topological polar surface area (TPSA) is 89.9 Å². The van der Waals surface area contributed by atoms with Gasteiger partial charge in [0.2, 0.25) is 6.41 Å². The molecule has 0 aliphatic heterocycles. The molecular weight excluding hydrogens is 280 g/mol. The van der Waals surface area contributed by atoms with Crippen molar-refractivity contribution in [3.8, 4) is 0 Å². The molecule has 0 aromatic carbocycles. The lowest BCUT2D eigenvalue weighted by molar-refractivity contribution is -0.221. The van der Waals surface area contributed by atoms with Crippen molar-refractivity contribution < 1.29 is 14.4 Å². The lowest BCUT2D eigenvalue weighted by Gasteiger charge is -2.26. The number of carbonyl (C=O) groups is 2. The molecule has 8 heteroatoms. The molecule has 0 radical (unpaired) electrons. The van der Waals surface area contributed by atoms with E-state index in [2.05, 4.69) is 4.98 Å². The molecule has 0 saturated heterocycles. The number of fused-ring (bicyclic) bond motifs is 1. The maximum absolute atomic E-state index is 11.4. The third kappa shape index (κ3) is 2.97. The highest BCUT2D eigenvalue weighted by Crippen LogP contribution is 2.20. The van der Waals surface area contributed by atoms with E-state index in [1.807, 2.05) is 20.8 Å². The first-order valence-electron chi connectivity index (χ1n) is 5.96. The normalized spacial score (nSPS) is 11.8. The average molecular weight is 296 g/mol. The van der Waals surface area contributed by atoms with Crippen LogP contribution >= 0.6 is 11.3 Å². The molecule has 108 valence electrons. The van der Waals surface area contributed by atoms with Crippen LogP contribution in [0.25, 0.3) is 4.83 Å². The number of rotatable bonds is 5. The minimum Gasteiger partial charge on any atom is -0.364 e. The number of nitrogens with two attached hydrogens (primary N) is 1. The van der Waals surface area contributed by atoms with E-state index in [1.54, 1.807) is 16.0 Å². The number of thiazole rings is 1. The summed E-state index contributed by atoms with van der Waals surface area (Å²) in [5.41, 5.74) is 5.17. The van der Waals surface area contributed by atoms with Gasteiger partial charge in [0.15, 0.2) is 0 Å². The number of hydrogen-bond acceptors (Lipinski definition) is 5. The quantitative estimate of drug-likeness (QED) is 0.662. The second-order valence-electron chi connectivity index (χ2n) is 5.22. The third-order valence-corrected chi connectivity index (χ3v) is 3.26. The average Bonchev–Trinajstić information content (AvgIpc) is 2.89. The molecule has 0 fully saturated rings. The number of carbonyl (C=O) groups excluding carboxylic acids is 2. The molecule has 0 aliphatic rings. The molecule has 2 rings (SSSR count). The molecule has 20 heavy (non-hydrogen) atoms. The van der Waals surface area contributed by atoms with Crippen LogP contribution in [0.3, 0.4) is 0 Å².